The van der Waals surface area contributed by atoms with Crippen LogP contribution in [0.2, 0.25) is 0 Å². The summed E-state index contributed by atoms with van der Waals surface area (Å²) in [7, 11) is -3.37. The molecule has 1 aliphatic heterocycles. The second-order valence-corrected chi connectivity index (χ2v) is 9.10. The Hall–Kier alpha value is -2.77. The number of aryl methyl sites for hydroxylation is 1. The predicted octanol–water partition coefficient (Wildman–Crippen LogP) is 3.85. The van der Waals surface area contributed by atoms with Gasteiger partial charge in [0.25, 0.3) is 0 Å². The number of hydrogen-bond acceptors (Lipinski definition) is 5. The standard InChI is InChI=1S/C22H24N4O2S/c1-17-24-21(19-7-3-2-4-8-19)15-22(25-17)23-16-18-9-11-20(12-10-18)29(27,28)26-13-5-6-14-26/h2-4,7-12,15H,5-6,13-14,16H2,1H3,(H,23,24,25). The summed E-state index contributed by atoms with van der Waals surface area (Å²) in [5.74, 6) is 1.44. The van der Waals surface area contributed by atoms with Crippen molar-refractivity contribution in [2.24, 2.45) is 0 Å². The van der Waals surface area contributed by atoms with Crippen LogP contribution in [0.3, 0.4) is 0 Å². The molecule has 0 aliphatic carbocycles. The van der Waals surface area contributed by atoms with Gasteiger partial charge in [0, 0.05) is 31.3 Å². The fourth-order valence-corrected chi connectivity index (χ4v) is 4.98. The maximum absolute atomic E-state index is 12.6. The van der Waals surface area contributed by atoms with Crippen molar-refractivity contribution >= 4 is 15.8 Å². The van der Waals surface area contributed by atoms with E-state index in [1.54, 1.807) is 16.4 Å². The number of aromatic nitrogens is 2. The van der Waals surface area contributed by atoms with Crippen LogP contribution >= 0.6 is 0 Å². The Kier molecular flexibility index (Phi) is 5.60. The Balaban J connectivity index is 1.46. The Labute approximate surface area is 171 Å². The molecule has 150 valence electrons. The average molecular weight is 409 g/mol. The molecule has 1 aliphatic rings. The van der Waals surface area contributed by atoms with Crippen molar-refractivity contribution in [1.29, 1.82) is 0 Å². The lowest BCUT2D eigenvalue weighted by atomic mass is 10.1. The molecule has 1 N–H and O–H groups in total. The van der Waals surface area contributed by atoms with Gasteiger partial charge in [0.15, 0.2) is 0 Å². The largest absolute Gasteiger partial charge is 0.366 e. The van der Waals surface area contributed by atoms with Crippen LogP contribution in [0.15, 0.2) is 65.6 Å². The first-order valence-corrected chi connectivity index (χ1v) is 11.2. The van der Waals surface area contributed by atoms with Gasteiger partial charge < -0.3 is 5.32 Å². The second kappa shape index (κ2) is 8.31. The zero-order valence-electron chi connectivity index (χ0n) is 16.4. The molecule has 1 aromatic heterocycles. The van der Waals surface area contributed by atoms with E-state index in [0.717, 1.165) is 35.5 Å². The monoisotopic (exact) mass is 408 g/mol. The van der Waals surface area contributed by atoms with Gasteiger partial charge in [-0.2, -0.15) is 4.31 Å². The normalized spacial score (nSPS) is 14.8. The van der Waals surface area contributed by atoms with Crippen LogP contribution in [0.25, 0.3) is 11.3 Å². The third-order valence-corrected chi connectivity index (χ3v) is 6.92. The highest BCUT2D eigenvalue weighted by molar-refractivity contribution is 7.89. The summed E-state index contributed by atoms with van der Waals surface area (Å²) in [6.45, 7) is 3.65. The molecule has 4 rings (SSSR count). The fourth-order valence-electron chi connectivity index (χ4n) is 3.46. The summed E-state index contributed by atoms with van der Waals surface area (Å²) >= 11 is 0. The molecule has 29 heavy (non-hydrogen) atoms. The van der Waals surface area contributed by atoms with Crippen LogP contribution < -0.4 is 5.32 Å². The lowest BCUT2D eigenvalue weighted by Gasteiger charge is -2.15. The molecule has 2 aromatic carbocycles. The van der Waals surface area contributed by atoms with Crippen LogP contribution in [-0.4, -0.2) is 35.8 Å². The summed E-state index contributed by atoms with van der Waals surface area (Å²) in [6.07, 6.45) is 1.87. The first kappa shape index (κ1) is 19.5. The molecule has 1 fully saturated rings. The first-order valence-electron chi connectivity index (χ1n) is 9.76. The van der Waals surface area contributed by atoms with Gasteiger partial charge in [0.05, 0.1) is 10.6 Å². The summed E-state index contributed by atoms with van der Waals surface area (Å²) in [6, 6.07) is 19.0. The molecule has 3 aromatic rings. The number of nitrogens with one attached hydrogen (secondary N) is 1. The molecule has 7 heteroatoms. The topological polar surface area (TPSA) is 75.2 Å². The minimum absolute atomic E-state index is 0.354. The van der Waals surface area contributed by atoms with Gasteiger partial charge in [0.2, 0.25) is 10.0 Å². The van der Waals surface area contributed by atoms with Crippen LogP contribution in [0.1, 0.15) is 24.2 Å². The van der Waals surface area contributed by atoms with E-state index < -0.39 is 10.0 Å². The van der Waals surface area contributed by atoms with Crippen molar-refractivity contribution in [2.75, 3.05) is 18.4 Å². The van der Waals surface area contributed by atoms with E-state index in [1.807, 2.05) is 55.5 Å². The molecule has 1 saturated heterocycles. The molecule has 0 unspecified atom stereocenters. The summed E-state index contributed by atoms with van der Waals surface area (Å²) in [5.41, 5.74) is 2.90. The molecular weight excluding hydrogens is 384 g/mol. The van der Waals surface area contributed by atoms with Gasteiger partial charge >= 0.3 is 0 Å². The number of sulfonamides is 1. The minimum Gasteiger partial charge on any atom is -0.366 e. The molecule has 0 bridgehead atoms. The number of hydrogen-bond donors (Lipinski definition) is 1. The summed E-state index contributed by atoms with van der Waals surface area (Å²) < 4.78 is 26.8. The lowest BCUT2D eigenvalue weighted by molar-refractivity contribution is 0.477. The zero-order chi connectivity index (χ0) is 20.3. The highest BCUT2D eigenvalue weighted by Crippen LogP contribution is 2.22. The number of rotatable bonds is 6. The van der Waals surface area contributed by atoms with E-state index in [1.165, 1.54) is 0 Å². The van der Waals surface area contributed by atoms with E-state index in [-0.39, 0.29) is 0 Å². The molecule has 0 atom stereocenters. The van der Waals surface area contributed by atoms with E-state index in [9.17, 15) is 8.42 Å². The predicted molar refractivity (Wildman–Crippen MR) is 114 cm³/mol. The first-order chi connectivity index (χ1) is 14.0. The van der Waals surface area contributed by atoms with E-state index >= 15 is 0 Å². The summed E-state index contributed by atoms with van der Waals surface area (Å²) in [4.78, 5) is 9.33. The van der Waals surface area contributed by atoms with Crippen molar-refractivity contribution in [3.8, 4) is 11.3 Å². The number of anilines is 1. The van der Waals surface area contributed by atoms with Gasteiger partial charge in [-0.05, 0) is 37.5 Å². The van der Waals surface area contributed by atoms with Crippen molar-refractivity contribution in [3.63, 3.8) is 0 Å². The Morgan fingerprint density at radius 3 is 2.34 bits per heavy atom. The molecule has 0 spiro atoms. The van der Waals surface area contributed by atoms with E-state index in [2.05, 4.69) is 15.3 Å². The Morgan fingerprint density at radius 2 is 1.66 bits per heavy atom. The maximum atomic E-state index is 12.6. The molecule has 0 radical (unpaired) electrons. The quantitative estimate of drug-likeness (QED) is 0.671. The highest BCUT2D eigenvalue weighted by Gasteiger charge is 2.26. The Morgan fingerprint density at radius 1 is 0.966 bits per heavy atom. The lowest BCUT2D eigenvalue weighted by Crippen LogP contribution is -2.27. The molecule has 0 saturated carbocycles. The number of nitrogens with zero attached hydrogens (tertiary/aromatic N) is 3. The molecule has 6 nitrogen and oxygen atoms in total. The van der Waals surface area contributed by atoms with Crippen LogP contribution in [0.5, 0.6) is 0 Å². The molecule has 0 amide bonds. The maximum Gasteiger partial charge on any atom is 0.243 e. The van der Waals surface area contributed by atoms with Crippen molar-refractivity contribution in [2.45, 2.75) is 31.2 Å². The van der Waals surface area contributed by atoms with Gasteiger partial charge in [-0.25, -0.2) is 18.4 Å². The SMILES string of the molecule is Cc1nc(NCc2ccc(S(=O)(=O)N3CCCC3)cc2)cc(-c2ccccc2)n1. The average Bonchev–Trinajstić information content (AvgIpc) is 3.29. The van der Waals surface area contributed by atoms with Crippen LogP contribution in [-0.2, 0) is 16.6 Å². The minimum atomic E-state index is -3.37. The Bertz CT molecular complexity index is 1080. The van der Waals surface area contributed by atoms with E-state index in [0.29, 0.717) is 30.4 Å². The van der Waals surface area contributed by atoms with Crippen molar-refractivity contribution in [1.82, 2.24) is 14.3 Å². The highest BCUT2D eigenvalue weighted by atomic mass is 32.2. The second-order valence-electron chi connectivity index (χ2n) is 7.16. The van der Waals surface area contributed by atoms with Crippen molar-refractivity contribution < 1.29 is 8.42 Å². The number of benzene rings is 2. The van der Waals surface area contributed by atoms with Crippen LogP contribution in [0.4, 0.5) is 5.82 Å². The fraction of sp³-hybridized carbons (Fsp3) is 0.273. The third-order valence-electron chi connectivity index (χ3n) is 5.01. The smallest absolute Gasteiger partial charge is 0.243 e. The van der Waals surface area contributed by atoms with Gasteiger partial charge in [-0.1, -0.05) is 42.5 Å². The zero-order valence-corrected chi connectivity index (χ0v) is 17.2. The van der Waals surface area contributed by atoms with Gasteiger partial charge in [0.1, 0.15) is 11.6 Å². The van der Waals surface area contributed by atoms with E-state index in [4.69, 9.17) is 0 Å². The third kappa shape index (κ3) is 4.46. The van der Waals surface area contributed by atoms with Gasteiger partial charge in [-0.15, -0.1) is 0 Å². The molecular formula is C22H24N4O2S. The summed E-state index contributed by atoms with van der Waals surface area (Å²) in [5, 5.41) is 3.31. The van der Waals surface area contributed by atoms with Gasteiger partial charge in [-0.3, -0.25) is 0 Å². The van der Waals surface area contributed by atoms with Crippen LogP contribution in [0, 0.1) is 6.92 Å². The molecule has 2 heterocycles. The van der Waals surface area contributed by atoms with Crippen molar-refractivity contribution in [3.05, 3.63) is 72.1 Å².